The third kappa shape index (κ3) is 4.71. The second-order valence-corrected chi connectivity index (χ2v) is 9.27. The van der Waals surface area contributed by atoms with Crippen LogP contribution in [0.5, 0.6) is 0 Å². The van der Waals surface area contributed by atoms with E-state index < -0.39 is 0 Å². The molecule has 0 saturated carbocycles. The fourth-order valence-electron chi connectivity index (χ4n) is 4.91. The van der Waals surface area contributed by atoms with Gasteiger partial charge in [0.25, 0.3) is 0 Å². The van der Waals surface area contributed by atoms with E-state index in [2.05, 4.69) is 52.9 Å². The van der Waals surface area contributed by atoms with E-state index in [0.29, 0.717) is 0 Å². The summed E-state index contributed by atoms with van der Waals surface area (Å²) in [5, 5.41) is 11.9. The molecule has 0 aliphatic carbocycles. The normalized spacial score (nSPS) is 24.8. The maximum atomic E-state index is 10.7. The van der Waals surface area contributed by atoms with Gasteiger partial charge in [-0.3, -0.25) is 14.8 Å². The van der Waals surface area contributed by atoms with Gasteiger partial charge in [-0.25, -0.2) is 0 Å². The lowest BCUT2D eigenvalue weighted by molar-refractivity contribution is 0.0157. The zero-order valence-electron chi connectivity index (χ0n) is 17.2. The van der Waals surface area contributed by atoms with Crippen molar-refractivity contribution in [3.63, 3.8) is 0 Å². The first kappa shape index (κ1) is 19.8. The maximum Gasteiger partial charge on any atom is 0.0710 e. The fraction of sp³-hybridized carbons (Fsp3) is 0.609. The summed E-state index contributed by atoms with van der Waals surface area (Å²) in [4.78, 5) is 9.44. The van der Waals surface area contributed by atoms with Crippen LogP contribution in [-0.2, 0) is 11.2 Å². The highest BCUT2D eigenvalue weighted by Crippen LogP contribution is 2.28. The number of benzene rings is 1. The quantitative estimate of drug-likeness (QED) is 0.830. The number of ether oxygens (including phenoxy) is 1. The number of likely N-dealkylation sites (tertiary alicyclic amines) is 1. The zero-order chi connectivity index (χ0) is 19.6. The van der Waals surface area contributed by atoms with Gasteiger partial charge >= 0.3 is 0 Å². The molecule has 0 spiro atoms. The number of aliphatic hydroxyl groups is 1. The van der Waals surface area contributed by atoms with Crippen molar-refractivity contribution in [2.45, 2.75) is 26.4 Å². The first-order valence-corrected chi connectivity index (χ1v) is 10.5. The van der Waals surface area contributed by atoms with Crippen molar-refractivity contribution in [2.75, 3.05) is 52.5 Å². The third-order valence-electron chi connectivity index (χ3n) is 6.11. The lowest BCUT2D eigenvalue weighted by Crippen LogP contribution is -2.45. The van der Waals surface area contributed by atoms with Crippen LogP contribution in [0.25, 0.3) is 10.9 Å². The van der Waals surface area contributed by atoms with E-state index in [1.807, 2.05) is 12.3 Å². The number of morpholine rings is 1. The molecule has 2 aliphatic rings. The first-order chi connectivity index (χ1) is 13.5. The molecule has 1 N–H and O–H groups in total. The molecule has 2 aromatic rings. The molecule has 0 unspecified atom stereocenters. The van der Waals surface area contributed by atoms with Gasteiger partial charge in [-0.15, -0.1) is 0 Å². The molecule has 2 fully saturated rings. The zero-order valence-corrected chi connectivity index (χ0v) is 17.2. The van der Waals surface area contributed by atoms with Gasteiger partial charge in [0.05, 0.1) is 24.8 Å². The van der Waals surface area contributed by atoms with Crippen molar-refractivity contribution in [3.8, 4) is 0 Å². The highest BCUT2D eigenvalue weighted by Gasteiger charge is 2.35. The number of fused-ring (bicyclic) bond motifs is 1. The molecule has 0 bridgehead atoms. The van der Waals surface area contributed by atoms with Crippen LogP contribution in [0.1, 0.15) is 19.4 Å². The minimum atomic E-state index is -0.258. The van der Waals surface area contributed by atoms with Crippen molar-refractivity contribution in [1.82, 2.24) is 14.8 Å². The summed E-state index contributed by atoms with van der Waals surface area (Å²) in [5.41, 5.74) is 2.54. The summed E-state index contributed by atoms with van der Waals surface area (Å²) >= 11 is 0. The van der Waals surface area contributed by atoms with E-state index in [1.165, 1.54) is 10.9 Å². The molecule has 5 heteroatoms. The molecule has 2 atom stereocenters. The number of β-amino-alcohol motifs (C(OH)–C–C–N with tert-alkyl or cyclic N) is 1. The van der Waals surface area contributed by atoms with Gasteiger partial charge in [-0.2, -0.15) is 0 Å². The van der Waals surface area contributed by atoms with E-state index in [9.17, 15) is 5.11 Å². The first-order valence-electron chi connectivity index (χ1n) is 10.5. The van der Waals surface area contributed by atoms with Crippen LogP contribution >= 0.6 is 0 Å². The summed E-state index contributed by atoms with van der Waals surface area (Å²) in [6.45, 7) is 12.3. The molecule has 1 aromatic carbocycles. The molecule has 2 saturated heterocycles. The smallest absolute Gasteiger partial charge is 0.0710 e. The van der Waals surface area contributed by atoms with Crippen LogP contribution in [0.3, 0.4) is 0 Å². The van der Waals surface area contributed by atoms with E-state index in [1.54, 1.807) is 0 Å². The van der Waals surface area contributed by atoms with Crippen molar-refractivity contribution in [1.29, 1.82) is 0 Å². The Bertz CT molecular complexity index is 783. The number of hydrogen-bond donors (Lipinski definition) is 1. The van der Waals surface area contributed by atoms with E-state index in [-0.39, 0.29) is 17.4 Å². The Morgan fingerprint density at radius 1 is 1.07 bits per heavy atom. The molecule has 152 valence electrons. The minimum absolute atomic E-state index is 0.204. The van der Waals surface area contributed by atoms with E-state index in [4.69, 9.17) is 4.74 Å². The number of nitrogens with zero attached hydrogens (tertiary/aromatic N) is 3. The van der Waals surface area contributed by atoms with Gasteiger partial charge in [0.2, 0.25) is 0 Å². The van der Waals surface area contributed by atoms with E-state index >= 15 is 0 Å². The Morgan fingerprint density at radius 3 is 2.64 bits per heavy atom. The molecule has 2 aliphatic heterocycles. The van der Waals surface area contributed by atoms with Crippen molar-refractivity contribution < 1.29 is 9.84 Å². The third-order valence-corrected chi connectivity index (χ3v) is 6.11. The average Bonchev–Trinajstić information content (AvgIpc) is 3.00. The van der Waals surface area contributed by atoms with Gasteiger partial charge in [0.1, 0.15) is 0 Å². The van der Waals surface area contributed by atoms with Crippen LogP contribution in [0, 0.1) is 11.3 Å². The van der Waals surface area contributed by atoms with Gasteiger partial charge in [-0.1, -0.05) is 32.0 Å². The molecular formula is C23H33N3O2. The number of pyridine rings is 1. The largest absolute Gasteiger partial charge is 0.391 e. The number of para-hydroxylation sites is 1. The second-order valence-electron chi connectivity index (χ2n) is 9.27. The summed E-state index contributed by atoms with van der Waals surface area (Å²) < 4.78 is 5.47. The summed E-state index contributed by atoms with van der Waals surface area (Å²) in [6.07, 6.45) is 2.54. The molecule has 3 heterocycles. The van der Waals surface area contributed by atoms with Gasteiger partial charge in [0.15, 0.2) is 0 Å². The van der Waals surface area contributed by atoms with Crippen molar-refractivity contribution >= 4 is 10.9 Å². The highest BCUT2D eigenvalue weighted by molar-refractivity contribution is 5.81. The van der Waals surface area contributed by atoms with Crippen molar-refractivity contribution in [3.05, 3.63) is 42.1 Å². The molecule has 4 rings (SSSR count). The molecular weight excluding hydrogens is 350 g/mol. The van der Waals surface area contributed by atoms with Crippen LogP contribution in [0.4, 0.5) is 0 Å². The molecule has 0 radical (unpaired) electrons. The predicted molar refractivity (Wildman–Crippen MR) is 112 cm³/mol. The Labute approximate surface area is 168 Å². The second kappa shape index (κ2) is 8.46. The average molecular weight is 384 g/mol. The Morgan fingerprint density at radius 2 is 1.82 bits per heavy atom. The topological polar surface area (TPSA) is 48.8 Å². The number of aromatic nitrogens is 1. The number of rotatable bonds is 6. The number of aliphatic hydroxyl groups excluding tert-OH is 1. The summed E-state index contributed by atoms with van der Waals surface area (Å²) in [6, 6.07) is 10.4. The SMILES string of the molecule is CC(C)(CN1CCOCC1)CN1C[C@@H](Cc2ccnc3ccccc23)[C@H](O)C1. The van der Waals surface area contributed by atoms with Crippen molar-refractivity contribution in [2.24, 2.45) is 11.3 Å². The summed E-state index contributed by atoms with van der Waals surface area (Å²) in [7, 11) is 0. The maximum absolute atomic E-state index is 10.7. The van der Waals surface area contributed by atoms with Gasteiger partial charge in [0, 0.05) is 56.8 Å². The van der Waals surface area contributed by atoms with Gasteiger partial charge < -0.3 is 9.84 Å². The van der Waals surface area contributed by atoms with Crippen LogP contribution < -0.4 is 0 Å². The van der Waals surface area contributed by atoms with Crippen LogP contribution in [0.15, 0.2) is 36.5 Å². The molecule has 28 heavy (non-hydrogen) atoms. The monoisotopic (exact) mass is 383 g/mol. The minimum Gasteiger partial charge on any atom is -0.391 e. The molecule has 5 nitrogen and oxygen atoms in total. The standard InChI is InChI=1S/C23H33N3O2/c1-23(2,16-25-9-11-28-12-10-25)17-26-14-19(22(27)15-26)13-18-7-8-24-21-6-4-3-5-20(18)21/h3-8,19,22,27H,9-17H2,1-2H3/t19-,22-/m1/s1. The lowest BCUT2D eigenvalue weighted by atomic mass is 9.91. The number of hydrogen-bond acceptors (Lipinski definition) is 5. The summed E-state index contributed by atoms with van der Waals surface area (Å²) in [5.74, 6) is 0.282. The van der Waals surface area contributed by atoms with Crippen LogP contribution in [0.2, 0.25) is 0 Å². The van der Waals surface area contributed by atoms with Gasteiger partial charge in [-0.05, 0) is 29.5 Å². The molecule has 1 aromatic heterocycles. The fourth-order valence-corrected chi connectivity index (χ4v) is 4.91. The van der Waals surface area contributed by atoms with E-state index in [0.717, 1.165) is 64.4 Å². The Balaban J connectivity index is 1.37. The highest BCUT2D eigenvalue weighted by atomic mass is 16.5. The lowest BCUT2D eigenvalue weighted by Gasteiger charge is -2.37. The predicted octanol–water partition coefficient (Wildman–Crippen LogP) is 2.43. The Kier molecular flexibility index (Phi) is 5.97. The Hall–Kier alpha value is -1.53. The van der Waals surface area contributed by atoms with Crippen LogP contribution in [-0.4, -0.2) is 78.5 Å². The molecule has 0 amide bonds.